The summed E-state index contributed by atoms with van der Waals surface area (Å²) in [7, 11) is 3.24. The van der Waals surface area contributed by atoms with E-state index in [1.807, 2.05) is 41.3 Å². The maximum Gasteiger partial charge on any atom is 0.191 e. The zero-order chi connectivity index (χ0) is 22.8. The Morgan fingerprint density at radius 3 is 2.47 bits per heavy atom. The third-order valence-electron chi connectivity index (χ3n) is 5.83. The van der Waals surface area contributed by atoms with E-state index in [0.29, 0.717) is 35.9 Å². The molecule has 0 unspecified atom stereocenters. The molecule has 1 fully saturated rings. The second-order valence-electron chi connectivity index (χ2n) is 8.26. The highest BCUT2D eigenvalue weighted by molar-refractivity contribution is 6.36. The summed E-state index contributed by atoms with van der Waals surface area (Å²) in [6.45, 7) is 8.35. The molecule has 6 nitrogen and oxygen atoms in total. The van der Waals surface area contributed by atoms with Crippen molar-refractivity contribution in [1.82, 2.24) is 0 Å². The van der Waals surface area contributed by atoms with Gasteiger partial charge in [0.15, 0.2) is 5.78 Å². The first-order valence-corrected chi connectivity index (χ1v) is 10.8. The number of rotatable bonds is 6. The smallest absolute Gasteiger partial charge is 0.191 e. The van der Waals surface area contributed by atoms with Crippen LogP contribution in [0.2, 0.25) is 0 Å². The van der Waals surface area contributed by atoms with E-state index < -0.39 is 0 Å². The highest BCUT2D eigenvalue weighted by Gasteiger charge is 2.46. The van der Waals surface area contributed by atoms with Gasteiger partial charge in [0.25, 0.3) is 0 Å². The van der Waals surface area contributed by atoms with Crippen molar-refractivity contribution < 1.29 is 14.3 Å². The van der Waals surface area contributed by atoms with E-state index in [1.165, 1.54) is 5.56 Å². The Morgan fingerprint density at radius 2 is 1.88 bits per heavy atom. The molecular formula is C26H29N3O3. The summed E-state index contributed by atoms with van der Waals surface area (Å²) in [6.07, 6.45) is 2.41. The Morgan fingerprint density at radius 1 is 1.19 bits per heavy atom. The van der Waals surface area contributed by atoms with Crippen LogP contribution in [0, 0.1) is 5.92 Å². The van der Waals surface area contributed by atoms with Crippen LogP contribution < -0.4 is 19.7 Å². The van der Waals surface area contributed by atoms with Crippen molar-refractivity contribution in [2.24, 2.45) is 10.9 Å². The normalized spacial score (nSPS) is 21.2. The molecule has 6 heteroatoms. The first-order chi connectivity index (χ1) is 15.5. The van der Waals surface area contributed by atoms with Gasteiger partial charge in [-0.1, -0.05) is 38.1 Å². The van der Waals surface area contributed by atoms with Gasteiger partial charge in [-0.25, -0.2) is 0 Å². The first kappa shape index (κ1) is 21.7. The summed E-state index contributed by atoms with van der Waals surface area (Å²) in [5.41, 5.74) is 4.55. The van der Waals surface area contributed by atoms with Gasteiger partial charge in [0.1, 0.15) is 23.4 Å². The maximum absolute atomic E-state index is 13.8. The average Bonchev–Trinajstić information content (AvgIpc) is 3.35. The van der Waals surface area contributed by atoms with Gasteiger partial charge < -0.3 is 19.7 Å². The second kappa shape index (κ2) is 8.91. The van der Waals surface area contributed by atoms with E-state index in [0.717, 1.165) is 17.1 Å². The Balaban J connectivity index is 1.90. The van der Waals surface area contributed by atoms with E-state index in [-0.39, 0.29) is 17.7 Å². The number of ketones is 1. The third-order valence-corrected chi connectivity index (χ3v) is 5.83. The molecule has 2 aliphatic heterocycles. The van der Waals surface area contributed by atoms with Crippen LogP contribution in [0.3, 0.4) is 0 Å². The average molecular weight is 432 g/mol. The topological polar surface area (TPSA) is 63.2 Å². The molecule has 0 radical (unpaired) electrons. The van der Waals surface area contributed by atoms with Crippen molar-refractivity contribution in [1.29, 1.82) is 0 Å². The molecule has 0 spiro atoms. The SMILES string of the molecule is C=CCN=C1C(=C2Cc3ccccc3N2)C(=O)[C@H](C(C)C)N1c1cc(OC)cc(OC)c1. The van der Waals surface area contributed by atoms with Crippen LogP contribution in [-0.4, -0.2) is 38.4 Å². The largest absolute Gasteiger partial charge is 0.497 e. The number of anilines is 2. The summed E-state index contributed by atoms with van der Waals surface area (Å²) >= 11 is 0. The molecule has 2 aromatic carbocycles. The number of nitrogens with zero attached hydrogens (tertiary/aromatic N) is 2. The zero-order valence-corrected chi connectivity index (χ0v) is 19.0. The summed E-state index contributed by atoms with van der Waals surface area (Å²) in [5, 5.41) is 3.47. The minimum Gasteiger partial charge on any atom is -0.497 e. The fourth-order valence-corrected chi connectivity index (χ4v) is 4.38. The fourth-order valence-electron chi connectivity index (χ4n) is 4.38. The molecule has 166 valence electrons. The Kier molecular flexibility index (Phi) is 6.04. The standard InChI is InChI=1S/C26H29N3O3/c1-6-11-27-26-23(22-12-17-9-7-8-10-21(17)28-22)25(30)24(16(2)3)29(26)18-13-19(31-4)15-20(14-18)32-5/h6-10,13-16,24,28H,1,11-12H2,2-5H3/t24-/m0/s1. The highest BCUT2D eigenvalue weighted by atomic mass is 16.5. The van der Waals surface area contributed by atoms with Gasteiger partial charge in [0.2, 0.25) is 0 Å². The number of carbonyl (C=O) groups is 1. The first-order valence-electron chi connectivity index (χ1n) is 10.8. The summed E-state index contributed by atoms with van der Waals surface area (Å²) in [5.74, 6) is 2.10. The van der Waals surface area contributed by atoms with E-state index in [4.69, 9.17) is 14.5 Å². The van der Waals surface area contributed by atoms with Gasteiger partial charge in [0, 0.05) is 36.0 Å². The molecule has 0 aromatic heterocycles. The van der Waals surface area contributed by atoms with E-state index in [1.54, 1.807) is 20.3 Å². The molecule has 0 amide bonds. The number of nitrogens with one attached hydrogen (secondary N) is 1. The van der Waals surface area contributed by atoms with Gasteiger partial charge in [-0.15, -0.1) is 6.58 Å². The summed E-state index contributed by atoms with van der Waals surface area (Å²) in [6, 6.07) is 13.4. The van der Waals surface area contributed by atoms with E-state index in [2.05, 4.69) is 31.8 Å². The molecular weight excluding hydrogens is 402 g/mol. The number of allylic oxidation sites excluding steroid dienone is 1. The molecule has 1 N–H and O–H groups in total. The molecule has 32 heavy (non-hydrogen) atoms. The van der Waals surface area contributed by atoms with Crippen LogP contribution in [0.1, 0.15) is 19.4 Å². The lowest BCUT2D eigenvalue weighted by molar-refractivity contribution is -0.116. The number of methoxy groups -OCH3 is 2. The van der Waals surface area contributed by atoms with Gasteiger partial charge in [-0.05, 0) is 17.5 Å². The van der Waals surface area contributed by atoms with Gasteiger partial charge in [-0.2, -0.15) is 0 Å². The fraction of sp³-hybridized carbons (Fsp3) is 0.308. The van der Waals surface area contributed by atoms with Crippen molar-refractivity contribution in [2.75, 3.05) is 31.0 Å². The summed E-state index contributed by atoms with van der Waals surface area (Å²) in [4.78, 5) is 20.7. The third kappa shape index (κ3) is 3.77. The van der Waals surface area contributed by atoms with Crippen LogP contribution in [0.4, 0.5) is 11.4 Å². The van der Waals surface area contributed by atoms with Gasteiger partial charge in [-0.3, -0.25) is 9.79 Å². The zero-order valence-electron chi connectivity index (χ0n) is 19.0. The van der Waals surface area contributed by atoms with Crippen molar-refractivity contribution >= 4 is 23.0 Å². The molecule has 1 atom stereocenters. The molecule has 4 rings (SSSR count). The number of Topliss-reactive ketones (excluding diaryl/α,β-unsaturated/α-hetero) is 1. The van der Waals surface area contributed by atoms with Crippen molar-refractivity contribution in [3.8, 4) is 11.5 Å². The molecule has 0 aliphatic carbocycles. The number of fused-ring (bicyclic) bond motifs is 1. The number of hydrogen-bond acceptors (Lipinski definition) is 5. The number of amidine groups is 1. The minimum atomic E-state index is -0.386. The van der Waals surface area contributed by atoms with Gasteiger partial charge >= 0.3 is 0 Å². The lowest BCUT2D eigenvalue weighted by Gasteiger charge is -2.28. The monoisotopic (exact) mass is 431 g/mol. The Bertz CT molecular complexity index is 1070. The minimum absolute atomic E-state index is 0.0653. The highest BCUT2D eigenvalue weighted by Crippen LogP contribution is 2.39. The Labute approximate surface area is 189 Å². The van der Waals surface area contributed by atoms with Crippen molar-refractivity contribution in [2.45, 2.75) is 26.3 Å². The molecule has 2 heterocycles. The molecule has 1 saturated heterocycles. The quantitative estimate of drug-likeness (QED) is 0.534. The number of para-hydroxylation sites is 1. The predicted octanol–water partition coefficient (Wildman–Crippen LogP) is 4.62. The second-order valence-corrected chi connectivity index (χ2v) is 8.26. The van der Waals surface area contributed by atoms with Gasteiger partial charge in [0.05, 0.1) is 32.0 Å². The molecule has 0 saturated carbocycles. The number of ether oxygens (including phenoxy) is 2. The molecule has 0 bridgehead atoms. The van der Waals surface area contributed by atoms with Crippen LogP contribution in [-0.2, 0) is 11.2 Å². The lowest BCUT2D eigenvalue weighted by atomic mass is 9.97. The van der Waals surface area contributed by atoms with E-state index in [9.17, 15) is 4.79 Å². The summed E-state index contributed by atoms with van der Waals surface area (Å²) < 4.78 is 11.0. The van der Waals surface area contributed by atoms with Crippen molar-refractivity contribution in [3.63, 3.8) is 0 Å². The molecule has 2 aromatic rings. The van der Waals surface area contributed by atoms with Crippen LogP contribution >= 0.6 is 0 Å². The predicted molar refractivity (Wildman–Crippen MR) is 129 cm³/mol. The number of aliphatic imine (C=N–C) groups is 1. The number of carbonyl (C=O) groups excluding carboxylic acids is 1. The van der Waals surface area contributed by atoms with E-state index >= 15 is 0 Å². The molecule has 2 aliphatic rings. The van der Waals surface area contributed by atoms with Crippen LogP contribution in [0.25, 0.3) is 0 Å². The number of hydrogen-bond donors (Lipinski definition) is 1. The van der Waals surface area contributed by atoms with Crippen molar-refractivity contribution in [3.05, 3.63) is 72.0 Å². The lowest BCUT2D eigenvalue weighted by Crippen LogP contribution is -2.39. The van der Waals surface area contributed by atoms with Crippen LogP contribution in [0.5, 0.6) is 11.5 Å². The maximum atomic E-state index is 13.8. The Hall–Kier alpha value is -3.54. The number of benzene rings is 2. The van der Waals surface area contributed by atoms with Crippen LogP contribution in [0.15, 0.2) is 71.4 Å².